The number of hydrogen-bond acceptors (Lipinski definition) is 10. The van der Waals surface area contributed by atoms with Gasteiger partial charge in [-0.3, -0.25) is 33.8 Å². The molecule has 0 spiro atoms. The van der Waals surface area contributed by atoms with E-state index in [2.05, 4.69) is 0 Å². The topological polar surface area (TPSA) is 162 Å². The second kappa shape index (κ2) is 11.0. The van der Waals surface area contributed by atoms with Gasteiger partial charge in [0.15, 0.2) is 34.7 Å². The number of phenolic OH excluding ortho intramolecular Hbond substituents is 1. The molecule has 4 N–H and O–H groups in total. The van der Waals surface area contributed by atoms with E-state index in [4.69, 9.17) is 5.73 Å². The van der Waals surface area contributed by atoms with Crippen LogP contribution < -0.4 is 10.6 Å². The van der Waals surface area contributed by atoms with Gasteiger partial charge in [0.25, 0.3) is 0 Å². The Hall–Kier alpha value is -3.36. The number of aliphatic hydroxyl groups is 1. The van der Waals surface area contributed by atoms with Crippen molar-refractivity contribution in [1.82, 2.24) is 9.80 Å². The highest BCUT2D eigenvalue weighted by Crippen LogP contribution is 2.52. The fraction of sp³-hybridized carbons (Fsp3) is 0.621. The Bertz CT molecular complexity index is 1390. The third kappa shape index (κ3) is 5.22. The van der Waals surface area contributed by atoms with Gasteiger partial charge in [-0.05, 0) is 58.5 Å². The predicted molar refractivity (Wildman–Crippen MR) is 147 cm³/mol. The van der Waals surface area contributed by atoms with Crippen molar-refractivity contribution in [1.29, 1.82) is 0 Å². The molecule has 2 fully saturated rings. The number of Topliss-reactive ketones (excluding diaryl/α,β-unsaturated/α-hetero) is 4. The summed E-state index contributed by atoms with van der Waals surface area (Å²) in [6, 6.07) is -0.569. The van der Waals surface area contributed by atoms with E-state index in [1.54, 1.807) is 25.1 Å². The number of fused-ring (bicyclic) bond motifs is 3. The van der Waals surface area contributed by atoms with Gasteiger partial charge in [-0.1, -0.05) is 0 Å². The molecule has 3 unspecified atom stereocenters. The largest absolute Gasteiger partial charge is 0.507 e. The van der Waals surface area contributed by atoms with Crippen molar-refractivity contribution in [2.24, 2.45) is 29.4 Å². The molecule has 7 atom stereocenters. The molecule has 236 valence electrons. The second-order valence-corrected chi connectivity index (χ2v) is 12.5. The molecule has 0 radical (unpaired) electrons. The van der Waals surface area contributed by atoms with E-state index in [0.29, 0.717) is 11.3 Å². The van der Waals surface area contributed by atoms with E-state index < -0.39 is 88.7 Å². The maximum absolute atomic E-state index is 14.1. The summed E-state index contributed by atoms with van der Waals surface area (Å²) in [6.07, 6.45) is -5.51. The average molecular weight is 611 g/mol. The highest BCUT2D eigenvalue weighted by Gasteiger charge is 2.69. The summed E-state index contributed by atoms with van der Waals surface area (Å²) in [5.74, 6) is -11.6. The molecule has 3 aliphatic rings. The lowest BCUT2D eigenvalue weighted by atomic mass is 9.52. The minimum absolute atomic E-state index is 0.0769. The fourth-order valence-corrected chi connectivity index (χ4v) is 7.14. The zero-order chi connectivity index (χ0) is 32.5. The summed E-state index contributed by atoms with van der Waals surface area (Å²) in [5, 5.41) is 23.0. The van der Waals surface area contributed by atoms with Crippen LogP contribution in [0.2, 0.25) is 0 Å². The number of ketones is 4. The number of likely N-dealkylation sites (N-methyl/N-ethyl adjacent to an activating group) is 1. The van der Waals surface area contributed by atoms with Crippen LogP contribution in [0.25, 0.3) is 0 Å². The number of anilines is 1. The number of nitrogens with two attached hydrogens (primary N) is 1. The zero-order valence-electron chi connectivity index (χ0n) is 24.9. The third-order valence-electron chi connectivity index (χ3n) is 9.30. The molecule has 0 aromatic heterocycles. The van der Waals surface area contributed by atoms with Gasteiger partial charge in [0.1, 0.15) is 5.75 Å². The molecule has 1 aromatic rings. The summed E-state index contributed by atoms with van der Waals surface area (Å²) in [5.41, 5.74) is 3.37. The Morgan fingerprint density at radius 1 is 1.12 bits per heavy atom. The van der Waals surface area contributed by atoms with Gasteiger partial charge in [-0.25, -0.2) is 0 Å². The summed E-state index contributed by atoms with van der Waals surface area (Å²) < 4.78 is 39.0. The van der Waals surface area contributed by atoms with E-state index in [0.717, 1.165) is 0 Å². The van der Waals surface area contributed by atoms with E-state index in [9.17, 15) is 47.4 Å². The summed E-state index contributed by atoms with van der Waals surface area (Å²) in [7, 11) is 7.85. The Labute approximate surface area is 246 Å². The molecular weight excluding hydrogens is 573 g/mol. The normalized spacial score (nSPS) is 29.8. The van der Waals surface area contributed by atoms with Gasteiger partial charge in [0.2, 0.25) is 5.91 Å². The summed E-state index contributed by atoms with van der Waals surface area (Å²) >= 11 is 0. The van der Waals surface area contributed by atoms with Gasteiger partial charge in [0, 0.05) is 43.9 Å². The molecule has 11 nitrogen and oxygen atoms in total. The van der Waals surface area contributed by atoms with Crippen LogP contribution in [0, 0.1) is 23.7 Å². The Balaban J connectivity index is 1.82. The van der Waals surface area contributed by atoms with Gasteiger partial charge in [-0.15, -0.1) is 0 Å². The minimum atomic E-state index is -4.41. The van der Waals surface area contributed by atoms with E-state index >= 15 is 0 Å². The smallest absolute Gasteiger partial charge is 0.390 e. The lowest BCUT2D eigenvalue weighted by Gasteiger charge is -2.52. The first-order valence-corrected chi connectivity index (χ1v) is 13.9. The van der Waals surface area contributed by atoms with Crippen molar-refractivity contribution in [2.75, 3.05) is 40.1 Å². The molecular formula is C29H37F3N4O7. The van der Waals surface area contributed by atoms with Crippen molar-refractivity contribution in [2.45, 2.75) is 56.6 Å². The first-order chi connectivity index (χ1) is 19.7. The monoisotopic (exact) mass is 610 g/mol. The number of amides is 1. The second-order valence-electron chi connectivity index (χ2n) is 12.5. The molecule has 0 saturated heterocycles. The van der Waals surface area contributed by atoms with E-state index in [1.807, 2.05) is 0 Å². The van der Waals surface area contributed by atoms with Crippen molar-refractivity contribution >= 4 is 34.7 Å². The average Bonchev–Trinajstić information content (AvgIpc) is 2.86. The van der Waals surface area contributed by atoms with Crippen LogP contribution in [-0.2, 0) is 32.1 Å². The van der Waals surface area contributed by atoms with Crippen LogP contribution in [-0.4, -0.2) is 108 Å². The first kappa shape index (κ1) is 32.6. The Morgan fingerprint density at radius 3 is 2.23 bits per heavy atom. The molecule has 0 aliphatic heterocycles. The maximum Gasteiger partial charge on any atom is 0.390 e. The van der Waals surface area contributed by atoms with Crippen LogP contribution in [0.15, 0.2) is 6.07 Å². The lowest BCUT2D eigenvalue weighted by Crippen LogP contribution is -2.74. The molecule has 14 heteroatoms. The van der Waals surface area contributed by atoms with Crippen LogP contribution >= 0.6 is 0 Å². The maximum atomic E-state index is 14.1. The number of hydrogen-bond donors (Lipinski definition) is 3. The SMILES string of the molecule is CC(CC(F)(F)F)N(C)Cc1cc(N(C)C)c2c(c1O)C(=O)C1C(=O)[C@]3(O)C(=O)C(C(N)=O)C(=O)[C@@H](N(C)C)[C@@H]3C[C@@H]1C2. The number of halogens is 3. The standard InChI is InChI=1S/C29H37F3N4O7/c1-12(10-28(30,31)32)36(6)11-14-9-17(34(2)3)15-7-13-8-16-21(35(4)5)24(39)20(27(33)42)26(41)29(16,43)25(40)18(13)23(38)19(15)22(14)37/h9,12-13,16,18,20-21,37,43H,7-8,10-11H2,1-6H3,(H2,33,42)/t12?,13-,16-,18?,20?,21-,29-/m0/s1. The number of benzene rings is 1. The van der Waals surface area contributed by atoms with Crippen molar-refractivity contribution in [3.63, 3.8) is 0 Å². The predicted octanol–water partition coefficient (Wildman–Crippen LogP) is 0.706. The molecule has 1 amide bonds. The number of rotatable bonds is 7. The van der Waals surface area contributed by atoms with Gasteiger partial charge in [0.05, 0.1) is 23.9 Å². The number of alkyl halides is 3. The third-order valence-corrected chi connectivity index (χ3v) is 9.30. The van der Waals surface area contributed by atoms with Crippen LogP contribution in [0.5, 0.6) is 5.75 Å². The molecule has 0 heterocycles. The first-order valence-electron chi connectivity index (χ1n) is 13.9. The highest BCUT2D eigenvalue weighted by atomic mass is 19.4. The number of aromatic hydroxyl groups is 1. The highest BCUT2D eigenvalue weighted by molar-refractivity contribution is 6.32. The molecule has 0 bridgehead atoms. The quantitative estimate of drug-likeness (QED) is 0.375. The van der Waals surface area contributed by atoms with Crippen LogP contribution in [0.1, 0.15) is 41.3 Å². The number of nitrogens with zero attached hydrogens (tertiary/aromatic N) is 3. The molecule has 3 aliphatic carbocycles. The fourth-order valence-electron chi connectivity index (χ4n) is 7.14. The summed E-state index contributed by atoms with van der Waals surface area (Å²) in [4.78, 5) is 71.4. The lowest BCUT2D eigenvalue weighted by molar-refractivity contribution is -0.181. The zero-order valence-corrected chi connectivity index (χ0v) is 24.9. The number of carbonyl (C=O) groups is 5. The molecule has 2 saturated carbocycles. The van der Waals surface area contributed by atoms with Crippen LogP contribution in [0.3, 0.4) is 0 Å². The Kier molecular flexibility index (Phi) is 8.31. The number of phenols is 1. The molecule has 4 rings (SSSR count). The van der Waals surface area contributed by atoms with Crippen molar-refractivity contribution in [3.05, 3.63) is 22.8 Å². The Morgan fingerprint density at radius 2 is 1.72 bits per heavy atom. The van der Waals surface area contributed by atoms with Crippen molar-refractivity contribution < 1.29 is 47.4 Å². The molecule has 1 aromatic carbocycles. The number of carbonyl (C=O) groups excluding carboxylic acids is 5. The van der Waals surface area contributed by atoms with Crippen LogP contribution in [0.4, 0.5) is 18.9 Å². The van der Waals surface area contributed by atoms with Gasteiger partial charge in [-0.2, -0.15) is 13.2 Å². The van der Waals surface area contributed by atoms with E-state index in [1.165, 1.54) is 37.9 Å². The molecule has 43 heavy (non-hydrogen) atoms. The van der Waals surface area contributed by atoms with E-state index in [-0.39, 0.29) is 30.5 Å². The van der Waals surface area contributed by atoms with Gasteiger partial charge < -0.3 is 20.8 Å². The summed E-state index contributed by atoms with van der Waals surface area (Å²) in [6.45, 7) is 1.24. The number of primary amides is 1. The van der Waals surface area contributed by atoms with Gasteiger partial charge >= 0.3 is 6.18 Å². The van der Waals surface area contributed by atoms with Crippen molar-refractivity contribution in [3.8, 4) is 5.75 Å². The minimum Gasteiger partial charge on any atom is -0.507 e.